The summed E-state index contributed by atoms with van der Waals surface area (Å²) in [4.78, 5) is 28.8. The van der Waals surface area contributed by atoms with E-state index < -0.39 is 11.0 Å². The predicted molar refractivity (Wildman–Crippen MR) is 62.2 cm³/mol. The van der Waals surface area contributed by atoms with Gasteiger partial charge >= 0.3 is 6.09 Å². The van der Waals surface area contributed by atoms with Crippen molar-refractivity contribution in [2.24, 2.45) is 0 Å². The van der Waals surface area contributed by atoms with Crippen molar-refractivity contribution in [3.8, 4) is 0 Å². The van der Waals surface area contributed by atoms with Gasteiger partial charge in [-0.1, -0.05) is 0 Å². The lowest BCUT2D eigenvalue weighted by atomic mass is 10.3. The average Bonchev–Trinajstić information content (AvgIpc) is 2.69. The van der Waals surface area contributed by atoms with Crippen LogP contribution in [0.4, 0.5) is 10.5 Å². The van der Waals surface area contributed by atoms with E-state index in [0.717, 1.165) is 4.90 Å². The monoisotopic (exact) mass is 250 g/mol. The maximum Gasteiger partial charge on any atom is 0.407 e. The number of imidazole rings is 1. The topological polar surface area (TPSA) is 112 Å². The summed E-state index contributed by atoms with van der Waals surface area (Å²) < 4.78 is 0. The van der Waals surface area contributed by atoms with Crippen molar-refractivity contribution >= 4 is 22.8 Å². The highest BCUT2D eigenvalue weighted by Crippen LogP contribution is 2.19. The summed E-state index contributed by atoms with van der Waals surface area (Å²) in [5, 5.41) is 19.3. The molecule has 1 aromatic heterocycles. The summed E-state index contributed by atoms with van der Waals surface area (Å²) in [6.07, 6.45) is -1.07. The van der Waals surface area contributed by atoms with E-state index in [4.69, 9.17) is 5.11 Å². The zero-order valence-corrected chi connectivity index (χ0v) is 9.45. The zero-order valence-electron chi connectivity index (χ0n) is 9.45. The molecular weight excluding hydrogens is 240 g/mol. The molecule has 0 radical (unpaired) electrons. The highest BCUT2D eigenvalue weighted by Gasteiger charge is 2.12. The standard InChI is InChI=1S/C10H10N4O4/c1-13(10(15)16)5-9-11-7-3-2-6(14(17)18)4-8(7)12-9/h2-4H,5H2,1H3,(H,11,12)(H,15,16). The fourth-order valence-corrected chi connectivity index (χ4v) is 1.53. The first-order chi connectivity index (χ1) is 8.47. The van der Waals surface area contributed by atoms with Gasteiger partial charge in [0.1, 0.15) is 5.82 Å². The maximum absolute atomic E-state index is 10.7. The van der Waals surface area contributed by atoms with Gasteiger partial charge in [-0.05, 0) is 6.07 Å². The normalized spacial score (nSPS) is 10.5. The van der Waals surface area contributed by atoms with Crippen LogP contribution in [-0.4, -0.2) is 38.0 Å². The van der Waals surface area contributed by atoms with Gasteiger partial charge in [0.05, 0.1) is 22.5 Å². The number of nitrogens with zero attached hydrogens (tertiary/aromatic N) is 3. The summed E-state index contributed by atoms with van der Waals surface area (Å²) in [5.74, 6) is 0.440. The minimum Gasteiger partial charge on any atom is -0.465 e. The lowest BCUT2D eigenvalue weighted by Crippen LogP contribution is -2.24. The Morgan fingerprint density at radius 1 is 1.61 bits per heavy atom. The Hall–Kier alpha value is -2.64. The Bertz CT molecular complexity index is 621. The van der Waals surface area contributed by atoms with Gasteiger partial charge in [0.25, 0.3) is 5.69 Å². The van der Waals surface area contributed by atoms with Crippen LogP contribution in [0.5, 0.6) is 0 Å². The Morgan fingerprint density at radius 2 is 2.33 bits per heavy atom. The van der Waals surface area contributed by atoms with E-state index in [2.05, 4.69) is 9.97 Å². The second-order valence-electron chi connectivity index (χ2n) is 3.78. The smallest absolute Gasteiger partial charge is 0.407 e. The molecule has 2 rings (SSSR count). The molecule has 1 heterocycles. The van der Waals surface area contributed by atoms with E-state index in [-0.39, 0.29) is 12.2 Å². The number of aromatic nitrogens is 2. The summed E-state index contributed by atoms with van der Waals surface area (Å²) >= 11 is 0. The number of nitro groups is 1. The van der Waals surface area contributed by atoms with Gasteiger partial charge in [0.2, 0.25) is 0 Å². The molecule has 0 spiro atoms. The number of nitrogens with one attached hydrogen (secondary N) is 1. The molecule has 2 N–H and O–H groups in total. The van der Waals surface area contributed by atoms with Crippen molar-refractivity contribution in [1.29, 1.82) is 0 Å². The minimum atomic E-state index is -1.07. The molecule has 0 unspecified atom stereocenters. The number of amides is 1. The second-order valence-corrected chi connectivity index (χ2v) is 3.78. The van der Waals surface area contributed by atoms with Gasteiger partial charge in [-0.3, -0.25) is 10.1 Å². The molecule has 8 nitrogen and oxygen atoms in total. The molecule has 1 amide bonds. The van der Waals surface area contributed by atoms with E-state index in [1.807, 2.05) is 0 Å². The van der Waals surface area contributed by atoms with Crippen molar-refractivity contribution in [2.45, 2.75) is 6.54 Å². The van der Waals surface area contributed by atoms with Crippen LogP contribution in [0, 0.1) is 10.1 Å². The largest absolute Gasteiger partial charge is 0.465 e. The fourth-order valence-electron chi connectivity index (χ4n) is 1.53. The Balaban J connectivity index is 2.32. The van der Waals surface area contributed by atoms with Gasteiger partial charge in [0.15, 0.2) is 0 Å². The Morgan fingerprint density at radius 3 is 2.94 bits per heavy atom. The molecule has 0 saturated carbocycles. The minimum absolute atomic E-state index is 0.0377. The van der Waals surface area contributed by atoms with Crippen LogP contribution in [-0.2, 0) is 6.54 Å². The lowest BCUT2D eigenvalue weighted by Gasteiger charge is -2.09. The Kier molecular flexibility index (Phi) is 2.84. The van der Waals surface area contributed by atoms with Gasteiger partial charge in [-0.2, -0.15) is 0 Å². The van der Waals surface area contributed by atoms with Gasteiger partial charge in [-0.15, -0.1) is 0 Å². The molecule has 1 aromatic carbocycles. The highest BCUT2D eigenvalue weighted by molar-refractivity contribution is 5.77. The third-order valence-corrected chi connectivity index (χ3v) is 2.44. The summed E-state index contributed by atoms with van der Waals surface area (Å²) in [6.45, 7) is 0.0951. The number of fused-ring (bicyclic) bond motifs is 1. The fraction of sp³-hybridized carbons (Fsp3) is 0.200. The van der Waals surface area contributed by atoms with Crippen molar-refractivity contribution < 1.29 is 14.8 Å². The lowest BCUT2D eigenvalue weighted by molar-refractivity contribution is -0.384. The van der Waals surface area contributed by atoms with E-state index in [9.17, 15) is 14.9 Å². The van der Waals surface area contributed by atoms with Crippen LogP contribution in [0.3, 0.4) is 0 Å². The summed E-state index contributed by atoms with van der Waals surface area (Å²) in [7, 11) is 1.41. The first kappa shape index (κ1) is 11.8. The second kappa shape index (κ2) is 4.32. The quantitative estimate of drug-likeness (QED) is 0.634. The SMILES string of the molecule is CN(Cc1nc2ccc([N+](=O)[O-])cc2[nH]1)C(=O)O. The van der Waals surface area contributed by atoms with Crippen LogP contribution in [0.25, 0.3) is 11.0 Å². The van der Waals surface area contributed by atoms with Crippen molar-refractivity contribution in [3.63, 3.8) is 0 Å². The van der Waals surface area contributed by atoms with Crippen LogP contribution in [0.1, 0.15) is 5.82 Å². The number of benzene rings is 1. The van der Waals surface area contributed by atoms with E-state index in [0.29, 0.717) is 16.9 Å². The molecule has 94 valence electrons. The molecule has 0 aliphatic rings. The average molecular weight is 250 g/mol. The highest BCUT2D eigenvalue weighted by atomic mass is 16.6. The predicted octanol–water partition coefficient (Wildman–Crippen LogP) is 1.58. The maximum atomic E-state index is 10.7. The van der Waals surface area contributed by atoms with E-state index >= 15 is 0 Å². The van der Waals surface area contributed by atoms with Crippen LogP contribution >= 0.6 is 0 Å². The number of non-ortho nitro benzene ring substituents is 1. The third kappa shape index (κ3) is 2.21. The number of hydrogen-bond donors (Lipinski definition) is 2. The summed E-state index contributed by atoms with van der Waals surface area (Å²) in [5.41, 5.74) is 1.04. The van der Waals surface area contributed by atoms with Gasteiger partial charge in [0, 0.05) is 19.2 Å². The number of nitro benzene ring substituents is 1. The van der Waals surface area contributed by atoms with Crippen LogP contribution in [0.15, 0.2) is 18.2 Å². The van der Waals surface area contributed by atoms with Gasteiger partial charge < -0.3 is 15.0 Å². The van der Waals surface area contributed by atoms with Crippen LogP contribution < -0.4 is 0 Å². The molecule has 0 saturated heterocycles. The van der Waals surface area contributed by atoms with Crippen molar-refractivity contribution in [1.82, 2.24) is 14.9 Å². The number of aromatic amines is 1. The van der Waals surface area contributed by atoms with E-state index in [1.54, 1.807) is 0 Å². The number of carboxylic acid groups (broad SMARTS) is 1. The first-order valence-electron chi connectivity index (χ1n) is 5.04. The molecule has 0 fully saturated rings. The van der Waals surface area contributed by atoms with E-state index in [1.165, 1.54) is 25.2 Å². The molecule has 0 aliphatic heterocycles. The molecule has 2 aromatic rings. The number of hydrogen-bond acceptors (Lipinski definition) is 4. The summed E-state index contributed by atoms with van der Waals surface area (Å²) in [6, 6.07) is 4.24. The van der Waals surface area contributed by atoms with Gasteiger partial charge in [-0.25, -0.2) is 9.78 Å². The molecule has 0 atom stereocenters. The molecule has 8 heteroatoms. The number of rotatable bonds is 3. The van der Waals surface area contributed by atoms with Crippen molar-refractivity contribution in [2.75, 3.05) is 7.05 Å². The third-order valence-electron chi connectivity index (χ3n) is 2.44. The first-order valence-corrected chi connectivity index (χ1v) is 5.04. The molecular formula is C10H10N4O4. The molecule has 0 bridgehead atoms. The van der Waals surface area contributed by atoms with Crippen molar-refractivity contribution in [3.05, 3.63) is 34.1 Å². The Labute approximate surface area is 101 Å². The van der Waals surface area contributed by atoms with Crippen LogP contribution in [0.2, 0.25) is 0 Å². The molecule has 18 heavy (non-hydrogen) atoms. The molecule has 0 aliphatic carbocycles. The number of H-pyrrole nitrogens is 1. The number of carbonyl (C=O) groups is 1. The zero-order chi connectivity index (χ0) is 13.3.